The summed E-state index contributed by atoms with van der Waals surface area (Å²) in [5.74, 6) is 2.64. The maximum Gasteiger partial charge on any atom is 0.110 e. The first-order chi connectivity index (χ1) is 8.22. The van der Waals surface area contributed by atoms with Gasteiger partial charge in [-0.3, -0.25) is 0 Å². The molecule has 0 atom stereocenters. The Balaban J connectivity index is 1.90. The molecule has 1 aliphatic carbocycles. The van der Waals surface area contributed by atoms with Gasteiger partial charge in [0.05, 0.1) is 11.0 Å². The summed E-state index contributed by atoms with van der Waals surface area (Å²) in [4.78, 5) is 8.11. The summed E-state index contributed by atoms with van der Waals surface area (Å²) in [7, 11) is 0. The monoisotopic (exact) mass is 248 g/mol. The van der Waals surface area contributed by atoms with Crippen molar-refractivity contribution in [2.45, 2.75) is 38.5 Å². The Hall–Kier alpha value is -1.02. The standard InChI is InChI=1S/C14H17ClN2/c1-9-2-4-10(5-3-9)14-16-12-7-6-11(15)8-13(12)17-14/h6-10H,2-5H2,1H3,(H,16,17). The number of halogens is 1. The second-order valence-corrected chi connectivity index (χ2v) is 5.68. The van der Waals surface area contributed by atoms with Crippen LogP contribution in [-0.2, 0) is 0 Å². The predicted molar refractivity (Wildman–Crippen MR) is 71.5 cm³/mol. The first-order valence-electron chi connectivity index (χ1n) is 6.37. The van der Waals surface area contributed by atoms with E-state index in [0.717, 1.165) is 27.8 Å². The van der Waals surface area contributed by atoms with Crippen LogP contribution in [0, 0.1) is 5.92 Å². The van der Waals surface area contributed by atoms with Gasteiger partial charge in [0.25, 0.3) is 0 Å². The second kappa shape index (κ2) is 4.34. The molecule has 0 spiro atoms. The third-order valence-corrected chi connectivity index (χ3v) is 4.10. The van der Waals surface area contributed by atoms with Crippen LogP contribution >= 0.6 is 11.6 Å². The van der Waals surface area contributed by atoms with Crippen LogP contribution in [0.4, 0.5) is 0 Å². The Morgan fingerprint density at radius 2 is 2.00 bits per heavy atom. The molecule has 1 aliphatic rings. The molecule has 2 aromatic rings. The molecule has 0 bridgehead atoms. The van der Waals surface area contributed by atoms with Crippen LogP contribution in [0.2, 0.25) is 5.02 Å². The normalized spacial score (nSPS) is 25.3. The van der Waals surface area contributed by atoms with E-state index in [1.54, 1.807) is 0 Å². The number of aromatic amines is 1. The van der Waals surface area contributed by atoms with Crippen LogP contribution in [0.3, 0.4) is 0 Å². The highest BCUT2D eigenvalue weighted by atomic mass is 35.5. The Morgan fingerprint density at radius 1 is 1.24 bits per heavy atom. The molecule has 3 heteroatoms. The summed E-state index contributed by atoms with van der Waals surface area (Å²) >= 11 is 5.99. The van der Waals surface area contributed by atoms with E-state index in [2.05, 4.69) is 16.9 Å². The van der Waals surface area contributed by atoms with Crippen molar-refractivity contribution < 1.29 is 0 Å². The number of aromatic nitrogens is 2. The van der Waals surface area contributed by atoms with Gasteiger partial charge in [0.15, 0.2) is 0 Å². The van der Waals surface area contributed by atoms with Gasteiger partial charge in [-0.05, 0) is 37.0 Å². The SMILES string of the molecule is CC1CCC(c2nc3ccc(Cl)cc3[nH]2)CC1. The summed E-state index contributed by atoms with van der Waals surface area (Å²) in [5.41, 5.74) is 2.09. The molecule has 0 unspecified atom stereocenters. The van der Waals surface area contributed by atoms with Crippen molar-refractivity contribution in [3.63, 3.8) is 0 Å². The van der Waals surface area contributed by atoms with Crippen molar-refractivity contribution in [3.8, 4) is 0 Å². The van der Waals surface area contributed by atoms with E-state index in [1.807, 2.05) is 18.2 Å². The Bertz CT molecular complexity index is 524. The molecule has 0 radical (unpaired) electrons. The Labute approximate surface area is 106 Å². The highest BCUT2D eigenvalue weighted by molar-refractivity contribution is 6.31. The van der Waals surface area contributed by atoms with Gasteiger partial charge in [-0.1, -0.05) is 31.4 Å². The fraction of sp³-hybridized carbons (Fsp3) is 0.500. The molecule has 1 fully saturated rings. The van der Waals surface area contributed by atoms with Crippen molar-refractivity contribution >= 4 is 22.6 Å². The van der Waals surface area contributed by atoms with E-state index >= 15 is 0 Å². The topological polar surface area (TPSA) is 28.7 Å². The molecular formula is C14H17ClN2. The van der Waals surface area contributed by atoms with E-state index in [1.165, 1.54) is 25.7 Å². The summed E-state index contributed by atoms with van der Waals surface area (Å²) in [5, 5.41) is 0.768. The fourth-order valence-corrected chi connectivity index (χ4v) is 2.90. The number of fused-ring (bicyclic) bond motifs is 1. The quantitative estimate of drug-likeness (QED) is 0.790. The Morgan fingerprint density at radius 3 is 2.76 bits per heavy atom. The lowest BCUT2D eigenvalue weighted by atomic mass is 9.83. The zero-order valence-electron chi connectivity index (χ0n) is 10.0. The van der Waals surface area contributed by atoms with Gasteiger partial charge in [0.2, 0.25) is 0 Å². The van der Waals surface area contributed by atoms with Gasteiger partial charge in [-0.15, -0.1) is 0 Å². The number of H-pyrrole nitrogens is 1. The molecule has 1 heterocycles. The molecule has 17 heavy (non-hydrogen) atoms. The predicted octanol–water partition coefficient (Wildman–Crippen LogP) is 4.51. The van der Waals surface area contributed by atoms with Gasteiger partial charge >= 0.3 is 0 Å². The number of imidazole rings is 1. The third-order valence-electron chi connectivity index (χ3n) is 3.86. The van der Waals surface area contributed by atoms with Crippen molar-refractivity contribution in [1.29, 1.82) is 0 Å². The number of hydrogen-bond acceptors (Lipinski definition) is 1. The molecule has 1 N–H and O–H groups in total. The van der Waals surface area contributed by atoms with Crippen molar-refractivity contribution in [2.24, 2.45) is 5.92 Å². The van der Waals surface area contributed by atoms with Gasteiger partial charge in [0.1, 0.15) is 5.82 Å². The molecule has 1 aromatic heterocycles. The van der Waals surface area contributed by atoms with Gasteiger partial charge in [-0.25, -0.2) is 4.98 Å². The molecule has 3 rings (SSSR count). The van der Waals surface area contributed by atoms with E-state index in [4.69, 9.17) is 11.6 Å². The fourth-order valence-electron chi connectivity index (χ4n) is 2.73. The zero-order chi connectivity index (χ0) is 11.8. The van der Waals surface area contributed by atoms with Crippen LogP contribution in [0.5, 0.6) is 0 Å². The minimum atomic E-state index is 0.609. The summed E-state index contributed by atoms with van der Waals surface area (Å²) in [6.07, 6.45) is 5.16. The van der Waals surface area contributed by atoms with Crippen LogP contribution in [0.15, 0.2) is 18.2 Å². The summed E-state index contributed by atoms with van der Waals surface area (Å²) < 4.78 is 0. The second-order valence-electron chi connectivity index (χ2n) is 5.24. The first-order valence-corrected chi connectivity index (χ1v) is 6.75. The zero-order valence-corrected chi connectivity index (χ0v) is 10.8. The van der Waals surface area contributed by atoms with Crippen LogP contribution in [0.25, 0.3) is 11.0 Å². The lowest BCUT2D eigenvalue weighted by Crippen LogP contribution is -2.11. The van der Waals surface area contributed by atoms with Crippen molar-refractivity contribution in [1.82, 2.24) is 9.97 Å². The highest BCUT2D eigenvalue weighted by Crippen LogP contribution is 2.35. The largest absolute Gasteiger partial charge is 0.342 e. The highest BCUT2D eigenvalue weighted by Gasteiger charge is 2.22. The molecule has 1 aromatic carbocycles. The summed E-state index contributed by atoms with van der Waals surface area (Å²) in [6, 6.07) is 5.85. The average molecular weight is 249 g/mol. The third kappa shape index (κ3) is 2.19. The van der Waals surface area contributed by atoms with E-state index in [9.17, 15) is 0 Å². The maximum atomic E-state index is 5.99. The minimum absolute atomic E-state index is 0.609. The number of nitrogens with one attached hydrogen (secondary N) is 1. The van der Waals surface area contributed by atoms with Crippen LogP contribution in [-0.4, -0.2) is 9.97 Å². The number of benzene rings is 1. The van der Waals surface area contributed by atoms with Gasteiger partial charge in [-0.2, -0.15) is 0 Å². The molecule has 1 saturated carbocycles. The lowest BCUT2D eigenvalue weighted by Gasteiger charge is -2.24. The molecule has 0 saturated heterocycles. The Kier molecular flexibility index (Phi) is 2.83. The van der Waals surface area contributed by atoms with Crippen LogP contribution < -0.4 is 0 Å². The van der Waals surface area contributed by atoms with E-state index in [-0.39, 0.29) is 0 Å². The minimum Gasteiger partial charge on any atom is -0.342 e. The van der Waals surface area contributed by atoms with Crippen LogP contribution in [0.1, 0.15) is 44.3 Å². The van der Waals surface area contributed by atoms with Crippen molar-refractivity contribution in [3.05, 3.63) is 29.0 Å². The molecule has 0 aliphatic heterocycles. The molecule has 0 amide bonds. The molecule has 2 nitrogen and oxygen atoms in total. The van der Waals surface area contributed by atoms with Gasteiger partial charge in [0, 0.05) is 10.9 Å². The number of rotatable bonds is 1. The van der Waals surface area contributed by atoms with Crippen molar-refractivity contribution in [2.75, 3.05) is 0 Å². The lowest BCUT2D eigenvalue weighted by molar-refractivity contribution is 0.341. The molecule has 90 valence electrons. The van der Waals surface area contributed by atoms with E-state index in [0.29, 0.717) is 5.92 Å². The first kappa shape index (κ1) is 11.1. The number of hydrogen-bond donors (Lipinski definition) is 1. The summed E-state index contributed by atoms with van der Waals surface area (Å²) in [6.45, 7) is 2.34. The van der Waals surface area contributed by atoms with E-state index < -0.39 is 0 Å². The van der Waals surface area contributed by atoms with Gasteiger partial charge < -0.3 is 4.98 Å². The smallest absolute Gasteiger partial charge is 0.110 e. The number of nitrogens with zero attached hydrogens (tertiary/aromatic N) is 1. The molecular weight excluding hydrogens is 232 g/mol. The average Bonchev–Trinajstić information content (AvgIpc) is 2.72. The maximum absolute atomic E-state index is 5.99.